The first-order valence-corrected chi connectivity index (χ1v) is 7.06. The highest BCUT2D eigenvalue weighted by atomic mass is 35.5. The lowest BCUT2D eigenvalue weighted by atomic mass is 9.85. The van der Waals surface area contributed by atoms with E-state index in [1.807, 2.05) is 12.1 Å². The summed E-state index contributed by atoms with van der Waals surface area (Å²) in [6.45, 7) is 0. The van der Waals surface area contributed by atoms with E-state index in [4.69, 9.17) is 11.6 Å². The van der Waals surface area contributed by atoms with E-state index in [9.17, 15) is 15.0 Å². The van der Waals surface area contributed by atoms with E-state index in [1.54, 1.807) is 12.1 Å². The number of carboxylic acids is 1. The second kappa shape index (κ2) is 5.93. The van der Waals surface area contributed by atoms with Gasteiger partial charge in [0.15, 0.2) is 0 Å². The zero-order valence-electron chi connectivity index (χ0n) is 10.8. The average molecular weight is 283 g/mol. The first-order chi connectivity index (χ1) is 8.98. The molecular weight excluding hydrogens is 264 g/mol. The SMILES string of the molecule is O=C(O)C(Cc1cccc(Cl)c1)CC1(O)CCCC1. The van der Waals surface area contributed by atoms with Crippen LogP contribution in [0.2, 0.25) is 5.02 Å². The predicted molar refractivity (Wildman–Crippen MR) is 74.3 cm³/mol. The lowest BCUT2D eigenvalue weighted by Gasteiger charge is -2.26. The highest BCUT2D eigenvalue weighted by Gasteiger charge is 2.36. The fraction of sp³-hybridized carbons (Fsp3) is 0.533. The molecular formula is C15H19ClO3. The van der Waals surface area contributed by atoms with Gasteiger partial charge in [-0.15, -0.1) is 0 Å². The standard InChI is InChI=1S/C15H19ClO3/c16-13-5-3-4-11(9-13)8-12(14(17)18)10-15(19)6-1-2-7-15/h3-5,9,12,19H,1-2,6-8,10H2,(H,17,18). The van der Waals surface area contributed by atoms with Crippen LogP contribution in [0.25, 0.3) is 0 Å². The van der Waals surface area contributed by atoms with Crippen molar-refractivity contribution in [1.82, 2.24) is 0 Å². The third kappa shape index (κ3) is 3.95. The van der Waals surface area contributed by atoms with Crippen LogP contribution in [-0.4, -0.2) is 21.8 Å². The molecule has 0 aromatic heterocycles. The summed E-state index contributed by atoms with van der Waals surface area (Å²) in [4.78, 5) is 11.4. The first-order valence-electron chi connectivity index (χ1n) is 6.68. The molecule has 1 unspecified atom stereocenters. The summed E-state index contributed by atoms with van der Waals surface area (Å²) >= 11 is 5.91. The van der Waals surface area contributed by atoms with E-state index in [1.165, 1.54) is 0 Å². The number of aliphatic hydroxyl groups is 1. The second-order valence-corrected chi connectivity index (χ2v) is 5.94. The van der Waals surface area contributed by atoms with Gasteiger partial charge in [0.25, 0.3) is 0 Å². The van der Waals surface area contributed by atoms with Gasteiger partial charge in [0.1, 0.15) is 0 Å². The third-order valence-corrected chi connectivity index (χ3v) is 4.12. The first kappa shape index (κ1) is 14.4. The number of benzene rings is 1. The summed E-state index contributed by atoms with van der Waals surface area (Å²) in [6.07, 6.45) is 4.14. The van der Waals surface area contributed by atoms with Crippen molar-refractivity contribution in [3.63, 3.8) is 0 Å². The third-order valence-electron chi connectivity index (χ3n) is 3.88. The summed E-state index contributed by atoms with van der Waals surface area (Å²) in [5, 5.41) is 20.3. The van der Waals surface area contributed by atoms with Crippen LogP contribution in [-0.2, 0) is 11.2 Å². The second-order valence-electron chi connectivity index (χ2n) is 5.50. The van der Waals surface area contributed by atoms with Crippen LogP contribution >= 0.6 is 11.6 Å². The van der Waals surface area contributed by atoms with E-state index in [0.717, 1.165) is 18.4 Å². The van der Waals surface area contributed by atoms with Crippen LogP contribution < -0.4 is 0 Å². The molecule has 1 atom stereocenters. The maximum absolute atomic E-state index is 11.4. The molecule has 0 amide bonds. The Morgan fingerprint density at radius 3 is 2.63 bits per heavy atom. The number of carbonyl (C=O) groups is 1. The molecule has 2 N–H and O–H groups in total. The minimum absolute atomic E-state index is 0.328. The molecule has 0 spiro atoms. The van der Waals surface area contributed by atoms with E-state index < -0.39 is 17.5 Å². The van der Waals surface area contributed by atoms with Crippen molar-refractivity contribution in [2.24, 2.45) is 5.92 Å². The molecule has 2 rings (SSSR count). The summed E-state index contributed by atoms with van der Waals surface area (Å²) in [5.74, 6) is -1.40. The normalized spacial score (nSPS) is 19.3. The molecule has 1 aliphatic rings. The Morgan fingerprint density at radius 2 is 2.05 bits per heavy atom. The van der Waals surface area contributed by atoms with E-state index in [0.29, 0.717) is 30.7 Å². The Labute approximate surface area is 118 Å². The zero-order valence-corrected chi connectivity index (χ0v) is 11.6. The van der Waals surface area contributed by atoms with Crippen molar-refractivity contribution in [2.75, 3.05) is 0 Å². The molecule has 0 heterocycles. The molecule has 1 saturated carbocycles. The van der Waals surface area contributed by atoms with Gasteiger partial charge < -0.3 is 10.2 Å². The van der Waals surface area contributed by atoms with Gasteiger partial charge >= 0.3 is 5.97 Å². The Morgan fingerprint density at radius 1 is 1.37 bits per heavy atom. The molecule has 3 nitrogen and oxygen atoms in total. The number of carboxylic acid groups (broad SMARTS) is 1. The monoisotopic (exact) mass is 282 g/mol. The highest BCUT2D eigenvalue weighted by Crippen LogP contribution is 2.35. The molecule has 1 fully saturated rings. The van der Waals surface area contributed by atoms with Crippen molar-refractivity contribution < 1.29 is 15.0 Å². The molecule has 0 aliphatic heterocycles. The van der Waals surface area contributed by atoms with Gasteiger partial charge in [-0.2, -0.15) is 0 Å². The smallest absolute Gasteiger partial charge is 0.306 e. The minimum atomic E-state index is -0.847. The number of hydrogen-bond acceptors (Lipinski definition) is 2. The topological polar surface area (TPSA) is 57.5 Å². The molecule has 0 radical (unpaired) electrons. The van der Waals surface area contributed by atoms with Crippen molar-refractivity contribution in [2.45, 2.75) is 44.1 Å². The average Bonchev–Trinajstić information content (AvgIpc) is 2.75. The Kier molecular flexibility index (Phi) is 4.48. The zero-order chi connectivity index (χ0) is 13.9. The molecule has 4 heteroatoms. The molecule has 1 aliphatic carbocycles. The van der Waals surface area contributed by atoms with Crippen molar-refractivity contribution in [3.8, 4) is 0 Å². The summed E-state index contributed by atoms with van der Waals surface area (Å²) < 4.78 is 0. The van der Waals surface area contributed by atoms with Crippen molar-refractivity contribution in [3.05, 3.63) is 34.9 Å². The van der Waals surface area contributed by atoms with Crippen LogP contribution in [0.4, 0.5) is 0 Å². The van der Waals surface area contributed by atoms with Gasteiger partial charge in [0.05, 0.1) is 11.5 Å². The Hall–Kier alpha value is -1.06. The predicted octanol–water partition coefficient (Wildman–Crippen LogP) is 3.28. The minimum Gasteiger partial charge on any atom is -0.481 e. The largest absolute Gasteiger partial charge is 0.481 e. The summed E-state index contributed by atoms with van der Waals surface area (Å²) in [5.41, 5.74) is 0.114. The van der Waals surface area contributed by atoms with Gasteiger partial charge in [-0.25, -0.2) is 0 Å². The van der Waals surface area contributed by atoms with Crippen LogP contribution in [0.15, 0.2) is 24.3 Å². The molecule has 0 saturated heterocycles. The van der Waals surface area contributed by atoms with E-state index >= 15 is 0 Å². The van der Waals surface area contributed by atoms with Gasteiger partial charge in [-0.05, 0) is 43.4 Å². The van der Waals surface area contributed by atoms with Crippen LogP contribution in [0.1, 0.15) is 37.7 Å². The Bertz CT molecular complexity index is 452. The fourth-order valence-corrected chi connectivity index (χ4v) is 3.10. The lowest BCUT2D eigenvalue weighted by Crippen LogP contribution is -2.32. The van der Waals surface area contributed by atoms with Crippen LogP contribution in [0.5, 0.6) is 0 Å². The summed E-state index contributed by atoms with van der Waals surface area (Å²) in [6, 6.07) is 7.25. The highest BCUT2D eigenvalue weighted by molar-refractivity contribution is 6.30. The van der Waals surface area contributed by atoms with Crippen LogP contribution in [0, 0.1) is 5.92 Å². The number of aliphatic carboxylic acids is 1. The maximum Gasteiger partial charge on any atom is 0.306 e. The van der Waals surface area contributed by atoms with E-state index in [-0.39, 0.29) is 0 Å². The van der Waals surface area contributed by atoms with Crippen molar-refractivity contribution >= 4 is 17.6 Å². The van der Waals surface area contributed by atoms with Gasteiger partial charge in [-0.3, -0.25) is 4.79 Å². The number of rotatable bonds is 5. The maximum atomic E-state index is 11.4. The molecule has 104 valence electrons. The quantitative estimate of drug-likeness (QED) is 0.871. The van der Waals surface area contributed by atoms with Crippen LogP contribution in [0.3, 0.4) is 0 Å². The lowest BCUT2D eigenvalue weighted by molar-refractivity contribution is -0.144. The number of hydrogen-bond donors (Lipinski definition) is 2. The Balaban J connectivity index is 2.06. The van der Waals surface area contributed by atoms with Gasteiger partial charge in [0.2, 0.25) is 0 Å². The summed E-state index contributed by atoms with van der Waals surface area (Å²) in [7, 11) is 0. The molecule has 1 aromatic rings. The van der Waals surface area contributed by atoms with E-state index in [2.05, 4.69) is 0 Å². The molecule has 19 heavy (non-hydrogen) atoms. The fourth-order valence-electron chi connectivity index (χ4n) is 2.89. The number of halogens is 1. The molecule has 0 bridgehead atoms. The van der Waals surface area contributed by atoms with Gasteiger partial charge in [-0.1, -0.05) is 36.6 Å². The van der Waals surface area contributed by atoms with Gasteiger partial charge in [0, 0.05) is 5.02 Å². The van der Waals surface area contributed by atoms with Crippen molar-refractivity contribution in [1.29, 1.82) is 0 Å². The molecule has 1 aromatic carbocycles.